The number of ether oxygens (including phenoxy) is 2. The summed E-state index contributed by atoms with van der Waals surface area (Å²) in [7, 11) is 1.64. The van der Waals surface area contributed by atoms with E-state index in [0.29, 0.717) is 0 Å². The van der Waals surface area contributed by atoms with E-state index in [1.54, 1.807) is 14.0 Å². The van der Waals surface area contributed by atoms with Crippen LogP contribution in [-0.4, -0.2) is 18.5 Å². The van der Waals surface area contributed by atoms with Crippen LogP contribution in [0.3, 0.4) is 0 Å². The molecule has 1 aliphatic carbocycles. The highest BCUT2D eigenvalue weighted by Crippen LogP contribution is 2.49. The fourth-order valence-electron chi connectivity index (χ4n) is 3.26. The minimum absolute atomic E-state index is 0.0683. The summed E-state index contributed by atoms with van der Waals surface area (Å²) in [6.45, 7) is 1.61. The molecule has 0 N–H and O–H groups in total. The van der Waals surface area contributed by atoms with E-state index in [2.05, 4.69) is 0 Å². The molecule has 1 aliphatic heterocycles. The summed E-state index contributed by atoms with van der Waals surface area (Å²) in [6.07, 6.45) is 5.45. The van der Waals surface area contributed by atoms with Crippen LogP contribution in [0.25, 0.3) is 0 Å². The Morgan fingerprint density at radius 2 is 2.06 bits per heavy atom. The van der Waals surface area contributed by atoms with Gasteiger partial charge in [-0.05, 0) is 44.7 Å². The highest BCUT2D eigenvalue weighted by molar-refractivity contribution is 5.97. The number of hydrogen-bond acceptors (Lipinski definition) is 3. The maximum absolute atomic E-state index is 11.7. The molecule has 0 aromatic heterocycles. The summed E-state index contributed by atoms with van der Waals surface area (Å²) in [5, 5.41) is 0. The minimum atomic E-state index is -0.0683. The zero-order valence-corrected chi connectivity index (χ0v) is 10.9. The van der Waals surface area contributed by atoms with Gasteiger partial charge in [-0.1, -0.05) is 0 Å². The van der Waals surface area contributed by atoms with Crippen LogP contribution in [0.15, 0.2) is 12.1 Å². The highest BCUT2D eigenvalue weighted by atomic mass is 16.5. The Labute approximate surface area is 107 Å². The fraction of sp³-hybridized carbons (Fsp3) is 0.533. The predicted octanol–water partition coefficient (Wildman–Crippen LogP) is 3.15. The molecule has 0 atom stereocenters. The maximum atomic E-state index is 11.7. The van der Waals surface area contributed by atoms with Crippen molar-refractivity contribution in [3.8, 4) is 11.5 Å². The molecule has 0 saturated heterocycles. The number of carbonyl (C=O) groups excluding carboxylic acids is 1. The van der Waals surface area contributed by atoms with Crippen LogP contribution in [-0.2, 0) is 6.42 Å². The molecule has 96 valence electrons. The molecule has 1 spiro atoms. The number of rotatable bonds is 2. The third-order valence-corrected chi connectivity index (χ3v) is 4.16. The van der Waals surface area contributed by atoms with Crippen LogP contribution in [0, 0.1) is 0 Å². The van der Waals surface area contributed by atoms with E-state index in [1.165, 1.54) is 12.8 Å². The second kappa shape index (κ2) is 4.01. The first kappa shape index (κ1) is 11.6. The third-order valence-electron chi connectivity index (χ3n) is 4.16. The molecule has 3 nitrogen and oxygen atoms in total. The van der Waals surface area contributed by atoms with Gasteiger partial charge in [-0.15, -0.1) is 0 Å². The lowest BCUT2D eigenvalue weighted by Gasteiger charge is -2.22. The van der Waals surface area contributed by atoms with Crippen LogP contribution in [0.5, 0.6) is 11.5 Å². The van der Waals surface area contributed by atoms with Crippen molar-refractivity contribution >= 4 is 5.78 Å². The first-order valence-corrected chi connectivity index (χ1v) is 6.55. The van der Waals surface area contributed by atoms with E-state index in [4.69, 9.17) is 9.47 Å². The van der Waals surface area contributed by atoms with Gasteiger partial charge in [0.15, 0.2) is 17.3 Å². The normalized spacial score (nSPS) is 19.7. The van der Waals surface area contributed by atoms with E-state index >= 15 is 0 Å². The first-order chi connectivity index (χ1) is 8.65. The first-order valence-electron chi connectivity index (χ1n) is 6.55. The van der Waals surface area contributed by atoms with E-state index in [9.17, 15) is 4.79 Å². The second-order valence-electron chi connectivity index (χ2n) is 5.35. The largest absolute Gasteiger partial charge is 0.493 e. The summed E-state index contributed by atoms with van der Waals surface area (Å²) >= 11 is 0. The lowest BCUT2D eigenvalue weighted by molar-refractivity contribution is 0.0995. The number of ketones is 1. The number of benzene rings is 1. The minimum Gasteiger partial charge on any atom is -0.493 e. The monoisotopic (exact) mass is 246 g/mol. The van der Waals surface area contributed by atoms with E-state index in [-0.39, 0.29) is 11.4 Å². The van der Waals surface area contributed by atoms with Crippen molar-refractivity contribution in [2.75, 3.05) is 7.11 Å². The molecule has 1 aromatic rings. The molecule has 1 heterocycles. The SMILES string of the molecule is COc1ccc(C(C)=O)c2c1OC1(CCCC1)C2. The fourth-order valence-corrected chi connectivity index (χ4v) is 3.26. The summed E-state index contributed by atoms with van der Waals surface area (Å²) in [5.41, 5.74) is 1.76. The quantitative estimate of drug-likeness (QED) is 0.752. The Kier molecular flexibility index (Phi) is 2.58. The molecule has 0 bridgehead atoms. The molecule has 0 radical (unpaired) electrons. The maximum Gasteiger partial charge on any atom is 0.166 e. The van der Waals surface area contributed by atoms with Crippen molar-refractivity contribution in [1.82, 2.24) is 0 Å². The number of Topliss-reactive ketones (excluding diaryl/α,β-unsaturated/α-hetero) is 1. The van der Waals surface area contributed by atoms with Gasteiger partial charge in [0.2, 0.25) is 0 Å². The van der Waals surface area contributed by atoms with Crippen LogP contribution in [0.4, 0.5) is 0 Å². The van der Waals surface area contributed by atoms with Crippen molar-refractivity contribution < 1.29 is 14.3 Å². The van der Waals surface area contributed by atoms with Gasteiger partial charge >= 0.3 is 0 Å². The molecule has 18 heavy (non-hydrogen) atoms. The standard InChI is InChI=1S/C15H18O3/c1-10(16)11-5-6-13(17-2)14-12(11)9-15(18-14)7-3-4-8-15/h5-6H,3-4,7-9H2,1-2H3. The lowest BCUT2D eigenvalue weighted by atomic mass is 9.92. The van der Waals surface area contributed by atoms with E-state index in [0.717, 1.165) is 41.9 Å². The Balaban J connectivity index is 2.08. The number of fused-ring (bicyclic) bond motifs is 1. The molecule has 1 saturated carbocycles. The molecule has 3 rings (SSSR count). The van der Waals surface area contributed by atoms with Gasteiger partial charge in [-0.2, -0.15) is 0 Å². The zero-order chi connectivity index (χ0) is 12.8. The summed E-state index contributed by atoms with van der Waals surface area (Å²) in [4.78, 5) is 11.7. The molecule has 1 fully saturated rings. The van der Waals surface area contributed by atoms with Crippen molar-refractivity contribution in [3.63, 3.8) is 0 Å². The van der Waals surface area contributed by atoms with Gasteiger partial charge in [0.05, 0.1) is 7.11 Å². The second-order valence-corrected chi connectivity index (χ2v) is 5.35. The van der Waals surface area contributed by atoms with Gasteiger partial charge in [-0.25, -0.2) is 0 Å². The van der Waals surface area contributed by atoms with Crippen molar-refractivity contribution in [3.05, 3.63) is 23.3 Å². The van der Waals surface area contributed by atoms with Gasteiger partial charge < -0.3 is 9.47 Å². The van der Waals surface area contributed by atoms with E-state index in [1.807, 2.05) is 12.1 Å². The molecule has 0 amide bonds. The Morgan fingerprint density at radius 3 is 2.67 bits per heavy atom. The van der Waals surface area contributed by atoms with Gasteiger partial charge in [-0.3, -0.25) is 4.79 Å². The topological polar surface area (TPSA) is 35.5 Å². The summed E-state index contributed by atoms with van der Waals surface area (Å²) < 4.78 is 11.5. The highest BCUT2D eigenvalue weighted by Gasteiger charge is 2.44. The smallest absolute Gasteiger partial charge is 0.166 e. The number of hydrogen-bond donors (Lipinski definition) is 0. The van der Waals surface area contributed by atoms with Crippen LogP contribution >= 0.6 is 0 Å². The van der Waals surface area contributed by atoms with Crippen LogP contribution in [0.2, 0.25) is 0 Å². The Morgan fingerprint density at radius 1 is 1.33 bits per heavy atom. The summed E-state index contributed by atoms with van der Waals surface area (Å²) in [6, 6.07) is 3.70. The molecular weight excluding hydrogens is 228 g/mol. The summed E-state index contributed by atoms with van der Waals surface area (Å²) in [5.74, 6) is 1.65. The zero-order valence-electron chi connectivity index (χ0n) is 10.9. The van der Waals surface area contributed by atoms with Gasteiger partial charge in [0, 0.05) is 17.5 Å². The van der Waals surface area contributed by atoms with Crippen LogP contribution in [0.1, 0.15) is 48.5 Å². The Hall–Kier alpha value is -1.51. The van der Waals surface area contributed by atoms with Gasteiger partial charge in [0.1, 0.15) is 5.60 Å². The average molecular weight is 246 g/mol. The molecular formula is C15H18O3. The van der Waals surface area contributed by atoms with Crippen LogP contribution < -0.4 is 9.47 Å². The predicted molar refractivity (Wildman–Crippen MR) is 68.5 cm³/mol. The third kappa shape index (κ3) is 1.61. The van der Waals surface area contributed by atoms with Crippen molar-refractivity contribution in [1.29, 1.82) is 0 Å². The molecule has 1 aromatic carbocycles. The Bertz CT molecular complexity index is 499. The molecule has 2 aliphatic rings. The number of methoxy groups -OCH3 is 1. The lowest BCUT2D eigenvalue weighted by Crippen LogP contribution is -2.30. The molecule has 3 heteroatoms. The number of carbonyl (C=O) groups is 1. The van der Waals surface area contributed by atoms with Crippen molar-refractivity contribution in [2.24, 2.45) is 0 Å². The molecule has 0 unspecified atom stereocenters. The van der Waals surface area contributed by atoms with Crippen molar-refractivity contribution in [2.45, 2.75) is 44.6 Å². The average Bonchev–Trinajstić information content (AvgIpc) is 2.94. The van der Waals surface area contributed by atoms with E-state index < -0.39 is 0 Å². The van der Waals surface area contributed by atoms with Gasteiger partial charge in [0.25, 0.3) is 0 Å².